The van der Waals surface area contributed by atoms with Crippen molar-refractivity contribution in [2.45, 2.75) is 26.7 Å². The number of anilines is 1. The van der Waals surface area contributed by atoms with Crippen LogP contribution in [0.25, 0.3) is 0 Å². The molecule has 1 aromatic heterocycles. The van der Waals surface area contributed by atoms with Gasteiger partial charge in [-0.3, -0.25) is 0 Å². The minimum atomic E-state index is 0.543. The first-order chi connectivity index (χ1) is 7.29. The smallest absolute Gasteiger partial charge is 0.137 e. The van der Waals surface area contributed by atoms with Crippen LogP contribution < -0.4 is 5.32 Å². The molecule has 0 fully saturated rings. The zero-order chi connectivity index (χ0) is 11.1. The van der Waals surface area contributed by atoms with Crippen molar-refractivity contribution in [1.82, 2.24) is 9.97 Å². The lowest BCUT2D eigenvalue weighted by Gasteiger charge is -2.09. The van der Waals surface area contributed by atoms with Crippen LogP contribution in [-0.4, -0.2) is 16.5 Å². The fourth-order valence-corrected chi connectivity index (χ4v) is 1.56. The largest absolute Gasteiger partial charge is 0.369 e. The van der Waals surface area contributed by atoms with Crippen molar-refractivity contribution in [2.24, 2.45) is 0 Å². The van der Waals surface area contributed by atoms with Crippen LogP contribution in [0.5, 0.6) is 0 Å². The van der Waals surface area contributed by atoms with Crippen LogP contribution in [0.1, 0.15) is 25.8 Å². The third-order valence-electron chi connectivity index (χ3n) is 2.09. The van der Waals surface area contributed by atoms with Gasteiger partial charge in [0.2, 0.25) is 0 Å². The van der Waals surface area contributed by atoms with E-state index in [4.69, 9.17) is 11.6 Å². The van der Waals surface area contributed by atoms with Gasteiger partial charge in [-0.2, -0.15) is 0 Å². The average Bonchev–Trinajstić information content (AvgIpc) is 2.24. The molecule has 0 bridgehead atoms. The Balaban J connectivity index is 2.63. The number of hydrogen-bond donors (Lipinski definition) is 1. The predicted molar refractivity (Wildman–Crippen MR) is 64.3 cm³/mol. The van der Waals surface area contributed by atoms with E-state index >= 15 is 0 Å². The van der Waals surface area contributed by atoms with Crippen molar-refractivity contribution < 1.29 is 0 Å². The number of allylic oxidation sites excluding steroid dienone is 1. The van der Waals surface area contributed by atoms with E-state index in [1.54, 1.807) is 0 Å². The zero-order valence-electron chi connectivity index (χ0n) is 9.13. The third-order valence-corrected chi connectivity index (χ3v) is 2.41. The number of hydrogen-bond acceptors (Lipinski definition) is 3. The van der Waals surface area contributed by atoms with Gasteiger partial charge in [0.05, 0.1) is 0 Å². The summed E-state index contributed by atoms with van der Waals surface area (Å²) >= 11 is 5.96. The van der Waals surface area contributed by atoms with E-state index in [1.807, 2.05) is 19.9 Å². The van der Waals surface area contributed by atoms with Gasteiger partial charge in [-0.25, -0.2) is 9.97 Å². The van der Waals surface area contributed by atoms with E-state index in [0.717, 1.165) is 30.8 Å². The van der Waals surface area contributed by atoms with Crippen molar-refractivity contribution in [3.05, 3.63) is 29.2 Å². The average molecular weight is 226 g/mol. The molecule has 0 spiro atoms. The maximum atomic E-state index is 5.96. The minimum Gasteiger partial charge on any atom is -0.369 e. The Kier molecular flexibility index (Phi) is 5.12. The molecule has 82 valence electrons. The van der Waals surface area contributed by atoms with Crippen LogP contribution in [0, 0.1) is 0 Å². The maximum Gasteiger partial charge on any atom is 0.137 e. The Hall–Kier alpha value is -1.09. The molecule has 0 unspecified atom stereocenters. The molecule has 1 aromatic rings. The summed E-state index contributed by atoms with van der Waals surface area (Å²) in [6.45, 7) is 4.92. The molecule has 1 N–H and O–H groups in total. The quantitative estimate of drug-likeness (QED) is 0.476. The molecule has 4 heteroatoms. The first-order valence-electron chi connectivity index (χ1n) is 5.14. The summed E-state index contributed by atoms with van der Waals surface area (Å²) in [5.74, 6) is 0.849. The van der Waals surface area contributed by atoms with E-state index in [9.17, 15) is 0 Å². The fraction of sp³-hybridized carbons (Fsp3) is 0.455. The Morgan fingerprint density at radius 2 is 2.27 bits per heavy atom. The van der Waals surface area contributed by atoms with Crippen molar-refractivity contribution in [2.75, 3.05) is 11.9 Å². The molecule has 1 rings (SSSR count). The van der Waals surface area contributed by atoms with Crippen LogP contribution in [0.3, 0.4) is 0 Å². The van der Waals surface area contributed by atoms with E-state index < -0.39 is 0 Å². The summed E-state index contributed by atoms with van der Waals surface area (Å²) in [4.78, 5) is 8.13. The van der Waals surface area contributed by atoms with E-state index in [2.05, 4.69) is 21.4 Å². The number of nitrogens with one attached hydrogen (secondary N) is 1. The van der Waals surface area contributed by atoms with Gasteiger partial charge >= 0.3 is 0 Å². The van der Waals surface area contributed by atoms with Crippen molar-refractivity contribution in [1.29, 1.82) is 0 Å². The summed E-state index contributed by atoms with van der Waals surface area (Å²) in [5, 5.41) is 3.80. The van der Waals surface area contributed by atoms with Crippen LogP contribution >= 0.6 is 11.6 Å². The van der Waals surface area contributed by atoms with E-state index in [-0.39, 0.29) is 0 Å². The molecular weight excluding hydrogens is 210 g/mol. The first kappa shape index (κ1) is 12.0. The summed E-state index contributed by atoms with van der Waals surface area (Å²) in [7, 11) is 0. The van der Waals surface area contributed by atoms with Crippen LogP contribution in [-0.2, 0) is 6.42 Å². The molecule has 3 nitrogen and oxygen atoms in total. The fourth-order valence-electron chi connectivity index (χ4n) is 1.30. The molecule has 15 heavy (non-hydrogen) atoms. The monoisotopic (exact) mass is 225 g/mol. The van der Waals surface area contributed by atoms with E-state index in [0.29, 0.717) is 5.15 Å². The Morgan fingerprint density at radius 1 is 1.47 bits per heavy atom. The third kappa shape index (κ3) is 3.51. The highest BCUT2D eigenvalue weighted by Crippen LogP contribution is 2.19. The zero-order valence-corrected chi connectivity index (χ0v) is 9.88. The second-order valence-corrected chi connectivity index (χ2v) is 3.49. The normalized spacial score (nSPS) is 10.9. The molecule has 0 aliphatic rings. The summed E-state index contributed by atoms with van der Waals surface area (Å²) in [6.07, 6.45) is 7.46. The standard InChI is InChI=1S/C11H16ClN3/c1-3-5-6-7-13-11-9(4-2)10(12)14-8-15-11/h3,5,8H,4,6-7H2,1-2H3,(H,13,14,15)/b5-3+. The summed E-state index contributed by atoms with van der Waals surface area (Å²) < 4.78 is 0. The first-order valence-corrected chi connectivity index (χ1v) is 5.51. The highest BCUT2D eigenvalue weighted by Gasteiger charge is 2.06. The molecule has 0 saturated heterocycles. The van der Waals surface area contributed by atoms with Crippen LogP contribution in [0.15, 0.2) is 18.5 Å². The maximum absolute atomic E-state index is 5.96. The van der Waals surface area contributed by atoms with Gasteiger partial charge in [-0.1, -0.05) is 30.7 Å². The Labute approximate surface area is 95.6 Å². The molecule has 0 radical (unpaired) electrons. The number of rotatable bonds is 5. The highest BCUT2D eigenvalue weighted by molar-refractivity contribution is 6.30. The highest BCUT2D eigenvalue weighted by atomic mass is 35.5. The van der Waals surface area contributed by atoms with Gasteiger partial charge in [0.25, 0.3) is 0 Å². The van der Waals surface area contributed by atoms with Gasteiger partial charge in [0, 0.05) is 12.1 Å². The molecule has 0 atom stereocenters. The van der Waals surface area contributed by atoms with Crippen LogP contribution in [0.4, 0.5) is 5.82 Å². The van der Waals surface area contributed by atoms with Gasteiger partial charge in [-0.05, 0) is 19.8 Å². The van der Waals surface area contributed by atoms with Crippen molar-refractivity contribution in [3.63, 3.8) is 0 Å². The lowest BCUT2D eigenvalue weighted by Crippen LogP contribution is -2.06. The SMILES string of the molecule is C/C=C/CCNc1ncnc(Cl)c1CC. The molecule has 0 saturated carbocycles. The molecule has 0 aromatic carbocycles. The number of halogens is 1. The number of aromatic nitrogens is 2. The van der Waals surface area contributed by atoms with Gasteiger partial charge in [0.1, 0.15) is 17.3 Å². The molecule has 1 heterocycles. The van der Waals surface area contributed by atoms with Gasteiger partial charge < -0.3 is 5.32 Å². The van der Waals surface area contributed by atoms with Crippen molar-refractivity contribution >= 4 is 17.4 Å². The van der Waals surface area contributed by atoms with E-state index in [1.165, 1.54) is 6.33 Å². The lowest BCUT2D eigenvalue weighted by molar-refractivity contribution is 0.993. The summed E-state index contributed by atoms with van der Waals surface area (Å²) in [5.41, 5.74) is 0.986. The van der Waals surface area contributed by atoms with Gasteiger partial charge in [-0.15, -0.1) is 0 Å². The Morgan fingerprint density at radius 3 is 2.93 bits per heavy atom. The second kappa shape index (κ2) is 6.40. The molecule has 0 amide bonds. The second-order valence-electron chi connectivity index (χ2n) is 3.13. The topological polar surface area (TPSA) is 37.8 Å². The lowest BCUT2D eigenvalue weighted by atomic mass is 10.2. The van der Waals surface area contributed by atoms with Gasteiger partial charge in [0.15, 0.2) is 0 Å². The minimum absolute atomic E-state index is 0.543. The number of nitrogens with zero attached hydrogens (tertiary/aromatic N) is 2. The predicted octanol–water partition coefficient (Wildman–Crippen LogP) is 3.07. The Bertz CT molecular complexity index is 337. The molecule has 0 aliphatic heterocycles. The van der Waals surface area contributed by atoms with Crippen LogP contribution in [0.2, 0.25) is 5.15 Å². The summed E-state index contributed by atoms with van der Waals surface area (Å²) in [6, 6.07) is 0. The molecule has 0 aliphatic carbocycles. The molecular formula is C11H16ClN3. The van der Waals surface area contributed by atoms with Crippen molar-refractivity contribution in [3.8, 4) is 0 Å².